The molecule has 1 aromatic heterocycles. The van der Waals surface area contributed by atoms with Crippen LogP contribution in [0.4, 0.5) is 0 Å². The molecule has 1 fully saturated rings. The number of methoxy groups -OCH3 is 2. The Morgan fingerprint density at radius 1 is 1.21 bits per heavy atom. The summed E-state index contributed by atoms with van der Waals surface area (Å²) >= 11 is 0. The molecule has 2 aromatic rings. The molecule has 1 aliphatic rings. The van der Waals surface area contributed by atoms with E-state index in [1.54, 1.807) is 20.3 Å². The summed E-state index contributed by atoms with van der Waals surface area (Å²) in [4.78, 5) is 28.4. The molecule has 126 valence electrons. The molecule has 0 saturated carbocycles. The largest absolute Gasteiger partial charge is 0.497 e. The number of nitrogens with one attached hydrogen (secondary N) is 1. The van der Waals surface area contributed by atoms with E-state index in [0.717, 1.165) is 18.4 Å². The number of hydrogen-bond donors (Lipinski definition) is 1. The van der Waals surface area contributed by atoms with Gasteiger partial charge < -0.3 is 19.4 Å². The Morgan fingerprint density at radius 2 is 2.04 bits per heavy atom. The third kappa shape index (κ3) is 2.99. The highest BCUT2D eigenvalue weighted by Crippen LogP contribution is 2.39. The normalized spacial score (nSPS) is 16.9. The minimum atomic E-state index is -0.221. The Bertz CT molecular complexity index is 779. The van der Waals surface area contributed by atoms with Crippen LogP contribution in [0.3, 0.4) is 0 Å². The average molecular weight is 328 g/mol. The molecule has 1 aliphatic heterocycles. The first kappa shape index (κ1) is 16.1. The van der Waals surface area contributed by atoms with E-state index in [1.807, 2.05) is 23.1 Å². The van der Waals surface area contributed by atoms with E-state index >= 15 is 0 Å². The molecule has 1 amide bonds. The first-order chi connectivity index (χ1) is 11.6. The standard InChI is InChI=1S/C18H20N2O4/c1-23-13-6-7-14(16(10-13)24-2)15-4-3-9-20(15)18(22)12-5-8-17(21)19-11-12/h5-8,10-11,15H,3-4,9H2,1-2H3,(H,19,21). The highest BCUT2D eigenvalue weighted by atomic mass is 16.5. The molecule has 0 spiro atoms. The number of hydrogen-bond acceptors (Lipinski definition) is 4. The van der Waals surface area contributed by atoms with Crippen molar-refractivity contribution in [3.63, 3.8) is 0 Å². The van der Waals surface area contributed by atoms with Crippen molar-refractivity contribution in [3.8, 4) is 11.5 Å². The molecule has 0 bridgehead atoms. The number of H-pyrrole nitrogens is 1. The van der Waals surface area contributed by atoms with Gasteiger partial charge in [-0.1, -0.05) is 0 Å². The van der Waals surface area contributed by atoms with Crippen molar-refractivity contribution >= 4 is 5.91 Å². The van der Waals surface area contributed by atoms with E-state index in [4.69, 9.17) is 9.47 Å². The van der Waals surface area contributed by atoms with Gasteiger partial charge in [-0.25, -0.2) is 0 Å². The fraction of sp³-hybridized carbons (Fsp3) is 0.333. The summed E-state index contributed by atoms with van der Waals surface area (Å²) in [7, 11) is 3.22. The van der Waals surface area contributed by atoms with Crippen LogP contribution in [0.2, 0.25) is 0 Å². The lowest BCUT2D eigenvalue weighted by Gasteiger charge is -2.26. The summed E-state index contributed by atoms with van der Waals surface area (Å²) in [6.07, 6.45) is 3.26. The lowest BCUT2D eigenvalue weighted by molar-refractivity contribution is 0.0733. The molecule has 1 atom stereocenters. The van der Waals surface area contributed by atoms with Gasteiger partial charge in [0.1, 0.15) is 11.5 Å². The van der Waals surface area contributed by atoms with E-state index in [2.05, 4.69) is 4.98 Å². The summed E-state index contributed by atoms with van der Waals surface area (Å²) in [5.41, 5.74) is 1.23. The average Bonchev–Trinajstić information content (AvgIpc) is 3.10. The molecule has 6 nitrogen and oxygen atoms in total. The van der Waals surface area contributed by atoms with Crippen molar-refractivity contribution in [2.24, 2.45) is 0 Å². The van der Waals surface area contributed by atoms with Crippen molar-refractivity contribution in [1.82, 2.24) is 9.88 Å². The van der Waals surface area contributed by atoms with E-state index < -0.39 is 0 Å². The first-order valence-corrected chi connectivity index (χ1v) is 7.85. The fourth-order valence-corrected chi connectivity index (χ4v) is 3.14. The number of pyridine rings is 1. The molecule has 2 heterocycles. The second-order valence-corrected chi connectivity index (χ2v) is 5.71. The van der Waals surface area contributed by atoms with Gasteiger partial charge in [-0.15, -0.1) is 0 Å². The smallest absolute Gasteiger partial charge is 0.255 e. The lowest BCUT2D eigenvalue weighted by Crippen LogP contribution is -2.31. The number of rotatable bonds is 4. The number of aromatic amines is 1. The fourth-order valence-electron chi connectivity index (χ4n) is 3.14. The number of amides is 1. The first-order valence-electron chi connectivity index (χ1n) is 7.85. The maximum atomic E-state index is 12.8. The highest BCUT2D eigenvalue weighted by Gasteiger charge is 2.32. The Balaban J connectivity index is 1.92. The molecule has 0 radical (unpaired) electrons. The van der Waals surface area contributed by atoms with Crippen molar-refractivity contribution < 1.29 is 14.3 Å². The van der Waals surface area contributed by atoms with Gasteiger partial charge in [0.25, 0.3) is 5.91 Å². The van der Waals surface area contributed by atoms with E-state index in [-0.39, 0.29) is 17.5 Å². The minimum absolute atomic E-state index is 0.0507. The molecule has 0 aliphatic carbocycles. The Hall–Kier alpha value is -2.76. The zero-order valence-electron chi connectivity index (χ0n) is 13.7. The number of benzene rings is 1. The van der Waals surface area contributed by atoms with Gasteiger partial charge in [0.2, 0.25) is 5.56 Å². The predicted octanol–water partition coefficient (Wildman–Crippen LogP) is 2.37. The number of likely N-dealkylation sites (tertiary alicyclic amines) is 1. The molecular weight excluding hydrogens is 308 g/mol. The third-order valence-electron chi connectivity index (χ3n) is 4.34. The van der Waals surface area contributed by atoms with E-state index in [1.165, 1.54) is 12.3 Å². The maximum absolute atomic E-state index is 12.8. The number of ether oxygens (including phenoxy) is 2. The van der Waals surface area contributed by atoms with Crippen molar-refractivity contribution in [3.05, 3.63) is 58.0 Å². The zero-order valence-corrected chi connectivity index (χ0v) is 13.7. The van der Waals surface area contributed by atoms with Gasteiger partial charge in [-0.05, 0) is 31.0 Å². The topological polar surface area (TPSA) is 71.6 Å². The van der Waals surface area contributed by atoms with Gasteiger partial charge in [0.15, 0.2) is 0 Å². The highest BCUT2D eigenvalue weighted by molar-refractivity contribution is 5.94. The lowest BCUT2D eigenvalue weighted by atomic mass is 10.0. The van der Waals surface area contributed by atoms with Crippen LogP contribution in [0, 0.1) is 0 Å². The van der Waals surface area contributed by atoms with Crippen LogP contribution >= 0.6 is 0 Å². The van der Waals surface area contributed by atoms with Gasteiger partial charge >= 0.3 is 0 Å². The van der Waals surface area contributed by atoms with Crippen molar-refractivity contribution in [2.75, 3.05) is 20.8 Å². The summed E-state index contributed by atoms with van der Waals surface area (Å²) < 4.78 is 10.7. The van der Waals surface area contributed by atoms with Crippen molar-refractivity contribution in [2.45, 2.75) is 18.9 Å². The van der Waals surface area contributed by atoms with Gasteiger partial charge in [0, 0.05) is 30.4 Å². The number of aromatic nitrogens is 1. The van der Waals surface area contributed by atoms with Crippen LogP contribution < -0.4 is 15.0 Å². The Kier molecular flexibility index (Phi) is 4.55. The second kappa shape index (κ2) is 6.78. The molecule has 6 heteroatoms. The summed E-state index contributed by atoms with van der Waals surface area (Å²) in [6, 6.07) is 8.52. The zero-order chi connectivity index (χ0) is 17.1. The van der Waals surface area contributed by atoms with Crippen LogP contribution in [0.25, 0.3) is 0 Å². The van der Waals surface area contributed by atoms with Gasteiger partial charge in [-0.2, -0.15) is 0 Å². The van der Waals surface area contributed by atoms with Crippen molar-refractivity contribution in [1.29, 1.82) is 0 Å². The number of nitrogens with zero attached hydrogens (tertiary/aromatic N) is 1. The molecule has 1 saturated heterocycles. The van der Waals surface area contributed by atoms with Crippen LogP contribution in [-0.4, -0.2) is 36.6 Å². The SMILES string of the molecule is COc1ccc(C2CCCN2C(=O)c2ccc(=O)[nH]c2)c(OC)c1. The molecule has 1 aromatic carbocycles. The van der Waals surface area contributed by atoms with Crippen LogP contribution in [0.5, 0.6) is 11.5 Å². The third-order valence-corrected chi connectivity index (χ3v) is 4.34. The molecule has 3 rings (SSSR count). The molecule has 24 heavy (non-hydrogen) atoms. The Labute approximate surface area is 140 Å². The van der Waals surface area contributed by atoms with E-state index in [0.29, 0.717) is 23.6 Å². The number of carbonyl (C=O) groups excluding carboxylic acids is 1. The van der Waals surface area contributed by atoms with Gasteiger partial charge in [-0.3, -0.25) is 9.59 Å². The van der Waals surface area contributed by atoms with Crippen LogP contribution in [-0.2, 0) is 0 Å². The van der Waals surface area contributed by atoms with Gasteiger partial charge in [0.05, 0.1) is 25.8 Å². The molecule has 1 N–H and O–H groups in total. The summed E-state index contributed by atoms with van der Waals surface area (Å²) in [6.45, 7) is 0.678. The Morgan fingerprint density at radius 3 is 2.71 bits per heavy atom. The van der Waals surface area contributed by atoms with E-state index in [9.17, 15) is 9.59 Å². The predicted molar refractivity (Wildman–Crippen MR) is 89.6 cm³/mol. The monoisotopic (exact) mass is 328 g/mol. The maximum Gasteiger partial charge on any atom is 0.255 e. The quantitative estimate of drug-likeness (QED) is 0.935. The van der Waals surface area contributed by atoms with Crippen LogP contribution in [0.15, 0.2) is 41.3 Å². The van der Waals surface area contributed by atoms with Crippen LogP contribution in [0.1, 0.15) is 34.8 Å². The summed E-state index contributed by atoms with van der Waals surface area (Å²) in [5.74, 6) is 1.33. The summed E-state index contributed by atoms with van der Waals surface area (Å²) in [5, 5.41) is 0. The number of carbonyl (C=O) groups is 1. The molecule has 1 unspecified atom stereocenters. The molecular formula is C18H20N2O4. The minimum Gasteiger partial charge on any atom is -0.497 e. The second-order valence-electron chi connectivity index (χ2n) is 5.71.